The van der Waals surface area contributed by atoms with Crippen molar-refractivity contribution in [2.45, 2.75) is 63.8 Å². The lowest BCUT2D eigenvalue weighted by Gasteiger charge is -2.60. The van der Waals surface area contributed by atoms with E-state index in [0.29, 0.717) is 23.7 Å². The van der Waals surface area contributed by atoms with Crippen molar-refractivity contribution in [3.63, 3.8) is 0 Å². The lowest BCUT2D eigenvalue weighted by molar-refractivity contribution is -0.150. The number of nitrogens with zero attached hydrogens (tertiary/aromatic N) is 1. The van der Waals surface area contributed by atoms with Crippen LogP contribution in [0.1, 0.15) is 58.3 Å². The molecular formula is C16H26N2OS. The van der Waals surface area contributed by atoms with E-state index in [0.717, 1.165) is 24.3 Å². The van der Waals surface area contributed by atoms with E-state index < -0.39 is 0 Å². The van der Waals surface area contributed by atoms with Gasteiger partial charge in [-0.15, -0.1) is 0 Å². The van der Waals surface area contributed by atoms with Crippen LogP contribution in [-0.2, 0) is 4.79 Å². The molecule has 4 aliphatic carbocycles. The summed E-state index contributed by atoms with van der Waals surface area (Å²) in [5, 5.41) is 0. The molecule has 20 heavy (non-hydrogen) atoms. The first kappa shape index (κ1) is 14.3. The van der Waals surface area contributed by atoms with Crippen LogP contribution in [0.5, 0.6) is 0 Å². The van der Waals surface area contributed by atoms with E-state index in [1.54, 1.807) is 0 Å². The third-order valence-electron chi connectivity index (χ3n) is 5.76. The second kappa shape index (κ2) is 5.28. The lowest BCUT2D eigenvalue weighted by Crippen LogP contribution is -2.61. The molecule has 0 atom stereocenters. The summed E-state index contributed by atoms with van der Waals surface area (Å²) in [4.78, 5) is 15.2. The summed E-state index contributed by atoms with van der Waals surface area (Å²) in [6.45, 7) is 2.70. The van der Waals surface area contributed by atoms with Crippen molar-refractivity contribution in [3.05, 3.63) is 0 Å². The zero-order chi connectivity index (χ0) is 14.3. The molecule has 1 amide bonds. The van der Waals surface area contributed by atoms with Crippen molar-refractivity contribution in [1.82, 2.24) is 4.90 Å². The van der Waals surface area contributed by atoms with Crippen LogP contribution in [0.15, 0.2) is 0 Å². The topological polar surface area (TPSA) is 46.3 Å². The molecular weight excluding hydrogens is 268 g/mol. The van der Waals surface area contributed by atoms with E-state index >= 15 is 0 Å². The van der Waals surface area contributed by atoms with E-state index in [9.17, 15) is 4.79 Å². The Morgan fingerprint density at radius 3 is 2.10 bits per heavy atom. The van der Waals surface area contributed by atoms with Gasteiger partial charge in [0.05, 0.1) is 4.99 Å². The highest BCUT2D eigenvalue weighted by atomic mass is 32.1. The van der Waals surface area contributed by atoms with E-state index in [2.05, 4.69) is 4.90 Å². The van der Waals surface area contributed by atoms with Crippen LogP contribution in [0.2, 0.25) is 0 Å². The standard InChI is InChI=1S/C16H26N2OS/c1-2-15(19)18(4-3-14(17)20)16-8-11-5-12(9-16)7-13(6-11)10-16/h11-13H,2-10H2,1H3,(H2,17,20). The van der Waals surface area contributed by atoms with Crippen LogP contribution in [0.25, 0.3) is 0 Å². The molecule has 112 valence electrons. The maximum atomic E-state index is 12.5. The monoisotopic (exact) mass is 294 g/mol. The largest absolute Gasteiger partial charge is 0.393 e. The highest BCUT2D eigenvalue weighted by Crippen LogP contribution is 2.57. The number of amides is 1. The Bertz CT molecular complexity index is 385. The minimum atomic E-state index is 0.145. The minimum Gasteiger partial charge on any atom is -0.393 e. The maximum absolute atomic E-state index is 12.5. The fourth-order valence-electron chi connectivity index (χ4n) is 5.43. The average molecular weight is 294 g/mol. The summed E-state index contributed by atoms with van der Waals surface area (Å²) in [5.41, 5.74) is 5.81. The number of carbonyl (C=O) groups is 1. The quantitative estimate of drug-likeness (QED) is 0.793. The molecule has 0 aliphatic heterocycles. The van der Waals surface area contributed by atoms with Gasteiger partial charge in [-0.1, -0.05) is 19.1 Å². The first-order valence-corrected chi connectivity index (χ1v) is 8.52. The summed E-state index contributed by atoms with van der Waals surface area (Å²) in [6.07, 6.45) is 9.16. The van der Waals surface area contributed by atoms with Gasteiger partial charge >= 0.3 is 0 Å². The molecule has 0 heterocycles. The molecule has 0 aromatic carbocycles. The van der Waals surface area contributed by atoms with Gasteiger partial charge in [-0.2, -0.15) is 0 Å². The second-order valence-corrected chi connectivity index (χ2v) is 7.78. The summed E-state index contributed by atoms with van der Waals surface area (Å²) in [6, 6.07) is 0. The molecule has 2 N–H and O–H groups in total. The first-order chi connectivity index (χ1) is 9.52. The van der Waals surface area contributed by atoms with E-state index in [4.69, 9.17) is 18.0 Å². The summed E-state index contributed by atoms with van der Waals surface area (Å²) < 4.78 is 0. The molecule has 0 aromatic heterocycles. The molecule has 0 aromatic rings. The van der Waals surface area contributed by atoms with Crippen LogP contribution in [0.4, 0.5) is 0 Å². The van der Waals surface area contributed by atoms with E-state index in [1.165, 1.54) is 38.5 Å². The van der Waals surface area contributed by atoms with Gasteiger partial charge in [-0.25, -0.2) is 0 Å². The third kappa shape index (κ3) is 2.47. The Morgan fingerprint density at radius 2 is 1.70 bits per heavy atom. The predicted octanol–water partition coefficient (Wildman–Crippen LogP) is 2.87. The van der Waals surface area contributed by atoms with Crippen molar-refractivity contribution in [1.29, 1.82) is 0 Å². The molecule has 4 saturated carbocycles. The molecule has 0 spiro atoms. The molecule has 4 bridgehead atoms. The average Bonchev–Trinajstić information content (AvgIpc) is 2.36. The van der Waals surface area contributed by atoms with Gasteiger partial charge in [0.1, 0.15) is 0 Å². The van der Waals surface area contributed by atoms with Gasteiger partial charge in [0.25, 0.3) is 0 Å². The van der Waals surface area contributed by atoms with Gasteiger partial charge < -0.3 is 10.6 Å². The molecule has 0 unspecified atom stereocenters. The Balaban J connectivity index is 1.82. The second-order valence-electron chi connectivity index (χ2n) is 7.26. The Labute approximate surface area is 127 Å². The lowest BCUT2D eigenvalue weighted by atomic mass is 9.52. The van der Waals surface area contributed by atoms with Gasteiger partial charge in [0.15, 0.2) is 0 Å². The van der Waals surface area contributed by atoms with Crippen LogP contribution >= 0.6 is 12.2 Å². The zero-order valence-electron chi connectivity index (χ0n) is 12.4. The number of rotatable bonds is 5. The fourth-order valence-corrected chi connectivity index (χ4v) is 5.53. The first-order valence-electron chi connectivity index (χ1n) is 8.11. The number of hydrogen-bond acceptors (Lipinski definition) is 2. The highest BCUT2D eigenvalue weighted by Gasteiger charge is 2.54. The minimum absolute atomic E-state index is 0.145. The van der Waals surface area contributed by atoms with Crippen molar-refractivity contribution in [2.75, 3.05) is 6.54 Å². The molecule has 0 saturated heterocycles. The number of thiocarbonyl (C=S) groups is 1. The molecule has 4 fully saturated rings. The van der Waals surface area contributed by atoms with Gasteiger partial charge in [0.2, 0.25) is 5.91 Å². The van der Waals surface area contributed by atoms with Crippen LogP contribution in [-0.4, -0.2) is 27.9 Å². The smallest absolute Gasteiger partial charge is 0.222 e. The zero-order valence-corrected chi connectivity index (χ0v) is 13.3. The Kier molecular flexibility index (Phi) is 3.78. The molecule has 0 radical (unpaired) electrons. The maximum Gasteiger partial charge on any atom is 0.222 e. The van der Waals surface area contributed by atoms with Crippen LogP contribution < -0.4 is 5.73 Å². The van der Waals surface area contributed by atoms with Crippen molar-refractivity contribution < 1.29 is 4.79 Å². The van der Waals surface area contributed by atoms with Crippen molar-refractivity contribution in [3.8, 4) is 0 Å². The SMILES string of the molecule is CCC(=O)N(CCC(N)=S)C12CC3CC(CC(C3)C1)C2. The van der Waals surface area contributed by atoms with E-state index in [-0.39, 0.29) is 5.54 Å². The summed E-state index contributed by atoms with van der Waals surface area (Å²) in [5.74, 6) is 2.87. The number of hydrogen-bond donors (Lipinski definition) is 1. The van der Waals surface area contributed by atoms with Gasteiger partial charge in [-0.3, -0.25) is 4.79 Å². The van der Waals surface area contributed by atoms with Crippen molar-refractivity contribution in [2.24, 2.45) is 23.5 Å². The van der Waals surface area contributed by atoms with Crippen LogP contribution in [0, 0.1) is 17.8 Å². The molecule has 3 nitrogen and oxygen atoms in total. The predicted molar refractivity (Wildman–Crippen MR) is 84.3 cm³/mol. The highest BCUT2D eigenvalue weighted by molar-refractivity contribution is 7.80. The molecule has 4 aliphatic rings. The fraction of sp³-hybridized carbons (Fsp3) is 0.875. The normalized spacial score (nSPS) is 38.0. The third-order valence-corrected chi connectivity index (χ3v) is 5.97. The molecule has 4 rings (SSSR count). The van der Waals surface area contributed by atoms with Gasteiger partial charge in [-0.05, 0) is 56.3 Å². The van der Waals surface area contributed by atoms with Crippen molar-refractivity contribution >= 4 is 23.1 Å². The number of carbonyl (C=O) groups excluding carboxylic acids is 1. The van der Waals surface area contributed by atoms with E-state index in [1.807, 2.05) is 6.92 Å². The van der Waals surface area contributed by atoms with Gasteiger partial charge in [0, 0.05) is 24.9 Å². The molecule has 4 heteroatoms. The number of nitrogens with two attached hydrogens (primary N) is 1. The Hall–Kier alpha value is -0.640. The summed E-state index contributed by atoms with van der Waals surface area (Å²) in [7, 11) is 0. The summed E-state index contributed by atoms with van der Waals surface area (Å²) >= 11 is 5.02. The Morgan fingerprint density at radius 1 is 1.20 bits per heavy atom. The van der Waals surface area contributed by atoms with Crippen LogP contribution in [0.3, 0.4) is 0 Å².